The van der Waals surface area contributed by atoms with Gasteiger partial charge >= 0.3 is 0 Å². The van der Waals surface area contributed by atoms with Crippen molar-refractivity contribution in [3.8, 4) is 17.7 Å². The molecular formula is C29H36FN9O3. The lowest BCUT2D eigenvalue weighted by molar-refractivity contribution is -0.0935. The van der Waals surface area contributed by atoms with E-state index in [2.05, 4.69) is 41.9 Å². The molecule has 0 aromatic carbocycles. The van der Waals surface area contributed by atoms with E-state index in [0.717, 1.165) is 38.3 Å². The Labute approximate surface area is 243 Å². The van der Waals surface area contributed by atoms with Crippen LogP contribution in [-0.2, 0) is 11.3 Å². The van der Waals surface area contributed by atoms with Gasteiger partial charge in [0.2, 0.25) is 5.88 Å². The molecule has 3 N–H and O–H groups in total. The third-order valence-corrected chi connectivity index (χ3v) is 8.92. The lowest BCUT2D eigenvalue weighted by Crippen LogP contribution is -2.72. The van der Waals surface area contributed by atoms with Gasteiger partial charge in [-0.05, 0) is 18.1 Å². The first kappa shape index (κ1) is 27.5. The molecule has 13 heteroatoms. The molecule has 0 radical (unpaired) electrons. The summed E-state index contributed by atoms with van der Waals surface area (Å²) < 4.78 is 33.1. The topological polar surface area (TPSA) is 124 Å². The molecule has 0 amide bonds. The van der Waals surface area contributed by atoms with Crippen molar-refractivity contribution in [3.63, 3.8) is 0 Å². The molecule has 3 aromatic rings. The summed E-state index contributed by atoms with van der Waals surface area (Å²) in [6, 6.07) is 8.81. The van der Waals surface area contributed by atoms with Crippen LogP contribution >= 0.6 is 0 Å². The highest BCUT2D eigenvalue weighted by Crippen LogP contribution is 2.35. The van der Waals surface area contributed by atoms with Crippen LogP contribution in [0.2, 0.25) is 0 Å². The number of halogens is 1. The normalized spacial score (nSPS) is 28.3. The maximum Gasteiger partial charge on any atom is 0.251 e. The summed E-state index contributed by atoms with van der Waals surface area (Å²) in [5, 5.41) is 24.3. The first-order valence-electron chi connectivity index (χ1n) is 14.6. The molecule has 8 rings (SSSR count). The molecule has 0 saturated carbocycles. The van der Waals surface area contributed by atoms with Crippen LogP contribution in [0.15, 0.2) is 30.6 Å². The molecule has 42 heavy (non-hydrogen) atoms. The molecule has 5 saturated heterocycles. The SMILES string of the molecule is COc1ccc(CN2C3CC2CN(C2CNC(c4cc(OC[C@@H]5CNCCO5)cn5nc(F)c(C#N)c45)CN2)C3)cn1. The maximum atomic E-state index is 14.6. The minimum absolute atomic E-state index is 0.0523. The second-order valence-electron chi connectivity index (χ2n) is 11.5. The minimum atomic E-state index is -0.778. The van der Waals surface area contributed by atoms with E-state index >= 15 is 0 Å². The van der Waals surface area contributed by atoms with Gasteiger partial charge in [-0.2, -0.15) is 9.65 Å². The van der Waals surface area contributed by atoms with Crippen molar-refractivity contribution in [2.75, 3.05) is 59.6 Å². The number of aromatic nitrogens is 3. The van der Waals surface area contributed by atoms with Crippen molar-refractivity contribution >= 4 is 5.52 Å². The zero-order valence-electron chi connectivity index (χ0n) is 23.6. The van der Waals surface area contributed by atoms with E-state index in [0.29, 0.717) is 55.5 Å². The summed E-state index contributed by atoms with van der Waals surface area (Å²) in [5.41, 5.74) is 2.41. The Hall–Kier alpha value is -3.38. The number of piperidine rings is 1. The van der Waals surface area contributed by atoms with Gasteiger partial charge in [-0.1, -0.05) is 6.07 Å². The van der Waals surface area contributed by atoms with Crippen LogP contribution in [0.25, 0.3) is 5.52 Å². The van der Waals surface area contributed by atoms with Gasteiger partial charge in [-0.25, -0.2) is 9.50 Å². The number of morpholine rings is 1. The van der Waals surface area contributed by atoms with Crippen LogP contribution in [0.3, 0.4) is 0 Å². The van der Waals surface area contributed by atoms with Crippen molar-refractivity contribution in [3.05, 3.63) is 53.2 Å². The Morgan fingerprint density at radius 1 is 1.19 bits per heavy atom. The highest BCUT2D eigenvalue weighted by atomic mass is 19.1. The molecule has 0 aliphatic carbocycles. The van der Waals surface area contributed by atoms with Crippen LogP contribution < -0.4 is 25.4 Å². The minimum Gasteiger partial charge on any atom is -0.489 e. The monoisotopic (exact) mass is 577 g/mol. The summed E-state index contributed by atoms with van der Waals surface area (Å²) in [4.78, 5) is 9.46. The molecule has 222 valence electrons. The third kappa shape index (κ3) is 5.30. The average Bonchev–Trinajstić information content (AvgIpc) is 3.37. The van der Waals surface area contributed by atoms with Gasteiger partial charge < -0.3 is 24.8 Å². The van der Waals surface area contributed by atoms with E-state index in [9.17, 15) is 9.65 Å². The highest BCUT2D eigenvalue weighted by molar-refractivity contribution is 5.68. The van der Waals surface area contributed by atoms with E-state index in [1.807, 2.05) is 24.4 Å². The van der Waals surface area contributed by atoms with Gasteiger partial charge in [0.25, 0.3) is 5.95 Å². The molecule has 4 unspecified atom stereocenters. The lowest BCUT2D eigenvalue weighted by Gasteiger charge is -2.58. The van der Waals surface area contributed by atoms with Gasteiger partial charge in [0.15, 0.2) is 0 Å². The lowest BCUT2D eigenvalue weighted by atomic mass is 9.86. The fourth-order valence-corrected chi connectivity index (χ4v) is 6.71. The second kappa shape index (κ2) is 11.7. The van der Waals surface area contributed by atoms with Crippen LogP contribution in [0.1, 0.15) is 29.2 Å². The molecule has 12 nitrogen and oxygen atoms in total. The molecule has 0 spiro atoms. The molecule has 5 aliphatic heterocycles. The number of ether oxygens (including phenoxy) is 3. The summed E-state index contributed by atoms with van der Waals surface area (Å²) >= 11 is 0. The Morgan fingerprint density at radius 3 is 2.76 bits per heavy atom. The molecule has 2 bridgehead atoms. The highest BCUT2D eigenvalue weighted by Gasteiger charge is 2.46. The molecule has 5 fully saturated rings. The number of nitriles is 1. The van der Waals surface area contributed by atoms with Crippen LogP contribution in [-0.4, -0.2) is 108 Å². The van der Waals surface area contributed by atoms with E-state index in [1.165, 1.54) is 16.5 Å². The summed E-state index contributed by atoms with van der Waals surface area (Å²) in [5.74, 6) is 0.419. The molecule has 8 heterocycles. The van der Waals surface area contributed by atoms with E-state index in [1.54, 1.807) is 13.3 Å². The number of rotatable bonds is 8. The van der Waals surface area contributed by atoms with Gasteiger partial charge in [0, 0.05) is 81.8 Å². The number of nitrogens with one attached hydrogen (secondary N) is 3. The molecule has 5 atom stereocenters. The predicted molar refractivity (Wildman–Crippen MR) is 151 cm³/mol. The van der Waals surface area contributed by atoms with Gasteiger partial charge in [0.05, 0.1) is 31.6 Å². The number of pyridine rings is 2. The van der Waals surface area contributed by atoms with Crippen molar-refractivity contribution in [2.24, 2.45) is 0 Å². The number of methoxy groups -OCH3 is 1. The summed E-state index contributed by atoms with van der Waals surface area (Å²) in [6.07, 6.45) is 4.89. The number of fused-ring (bicyclic) bond motifs is 3. The van der Waals surface area contributed by atoms with Crippen molar-refractivity contribution in [1.82, 2.24) is 40.3 Å². The molecule has 3 aromatic heterocycles. The number of hydrogen-bond donors (Lipinski definition) is 3. The fraction of sp³-hybridized carbons (Fsp3) is 0.552. The van der Waals surface area contributed by atoms with Gasteiger partial charge in [-0.15, -0.1) is 5.10 Å². The number of hydrogen-bond acceptors (Lipinski definition) is 11. The average molecular weight is 578 g/mol. The Kier molecular flexibility index (Phi) is 7.66. The van der Waals surface area contributed by atoms with Crippen molar-refractivity contribution in [1.29, 1.82) is 5.26 Å². The van der Waals surface area contributed by atoms with Crippen LogP contribution in [0.4, 0.5) is 4.39 Å². The van der Waals surface area contributed by atoms with E-state index in [-0.39, 0.29) is 23.9 Å². The predicted octanol–water partition coefficient (Wildman–Crippen LogP) is 0.635. The van der Waals surface area contributed by atoms with Crippen LogP contribution in [0.5, 0.6) is 11.6 Å². The standard InChI is InChI=1S/C29H36FN9O3/c1-40-27-3-2-18(9-35-27)13-38-19-6-20(38)15-37(14-19)26-12-33-25(11-34-26)23-7-21(42-17-22-10-32-4-5-41-22)16-39-28(23)24(8-31)29(30)36-39/h2-3,7,9,16,19-20,22,25-26,32-34H,4-6,10-15,17H2,1H3/t19?,20?,22-,25?,26?/m0/s1. The third-order valence-electron chi connectivity index (χ3n) is 8.92. The van der Waals surface area contributed by atoms with Crippen LogP contribution in [0, 0.1) is 17.3 Å². The summed E-state index contributed by atoms with van der Waals surface area (Å²) in [7, 11) is 1.63. The molecular weight excluding hydrogens is 541 g/mol. The quantitative estimate of drug-likeness (QED) is 0.349. The second-order valence-corrected chi connectivity index (χ2v) is 11.5. The van der Waals surface area contributed by atoms with Gasteiger partial charge in [-0.3, -0.25) is 15.1 Å². The Balaban J connectivity index is 1.00. The largest absolute Gasteiger partial charge is 0.489 e. The smallest absolute Gasteiger partial charge is 0.251 e. The number of piperazine rings is 2. The Morgan fingerprint density at radius 2 is 2.07 bits per heavy atom. The first-order chi connectivity index (χ1) is 20.6. The zero-order chi connectivity index (χ0) is 28.6. The summed E-state index contributed by atoms with van der Waals surface area (Å²) in [6.45, 7) is 6.82. The first-order valence-corrected chi connectivity index (χ1v) is 14.6. The number of nitrogens with zero attached hydrogens (tertiary/aromatic N) is 6. The van der Waals surface area contributed by atoms with Crippen molar-refractivity contribution in [2.45, 2.75) is 43.4 Å². The molecule has 5 aliphatic rings. The van der Waals surface area contributed by atoms with E-state index < -0.39 is 5.95 Å². The van der Waals surface area contributed by atoms with Gasteiger partial charge in [0.1, 0.15) is 30.1 Å². The van der Waals surface area contributed by atoms with E-state index in [4.69, 9.17) is 14.2 Å². The zero-order valence-corrected chi connectivity index (χ0v) is 23.6. The van der Waals surface area contributed by atoms with Crippen molar-refractivity contribution < 1.29 is 18.6 Å². The Bertz CT molecular complexity index is 1440. The maximum absolute atomic E-state index is 14.6. The fourth-order valence-electron chi connectivity index (χ4n) is 6.71.